The first-order chi connectivity index (χ1) is 10.5. The lowest BCUT2D eigenvalue weighted by Gasteiger charge is -2.16. The average molecular weight is 314 g/mol. The van der Waals surface area contributed by atoms with Crippen LogP contribution in [0.4, 0.5) is 11.4 Å². The fraction of sp³-hybridized carbons (Fsp3) is 0.125. The maximum Gasteiger partial charge on any atom is 0.189 e. The van der Waals surface area contributed by atoms with Crippen LogP contribution in [0.25, 0.3) is 0 Å². The first-order valence-electron chi connectivity index (χ1n) is 6.68. The van der Waals surface area contributed by atoms with E-state index < -0.39 is 5.97 Å². The van der Waals surface area contributed by atoms with Gasteiger partial charge in [-0.2, -0.15) is 0 Å². The monoisotopic (exact) mass is 314 g/mol. The molecule has 2 aromatic carbocycles. The van der Waals surface area contributed by atoms with Crippen LogP contribution in [0.1, 0.15) is 21.5 Å². The van der Waals surface area contributed by atoms with E-state index in [0.717, 1.165) is 16.8 Å². The molecule has 0 fully saturated rings. The van der Waals surface area contributed by atoms with Crippen LogP contribution in [0, 0.1) is 13.8 Å². The Morgan fingerprint density at radius 1 is 1.05 bits per heavy atom. The molecular weight excluding hydrogens is 298 g/mol. The van der Waals surface area contributed by atoms with Gasteiger partial charge in [0, 0.05) is 5.69 Å². The molecule has 114 valence electrons. The summed E-state index contributed by atoms with van der Waals surface area (Å²) in [6.45, 7) is 4.01. The number of hydrogen-bond donors (Lipinski definition) is 3. The van der Waals surface area contributed by atoms with Crippen molar-refractivity contribution in [1.82, 2.24) is 5.43 Å². The Labute approximate surface area is 134 Å². The third-order valence-corrected chi connectivity index (χ3v) is 3.36. The van der Waals surface area contributed by atoms with Crippen LogP contribution < -0.4 is 21.3 Å². The lowest BCUT2D eigenvalue weighted by Crippen LogP contribution is -2.33. The van der Waals surface area contributed by atoms with Gasteiger partial charge < -0.3 is 15.2 Å². The molecule has 0 saturated heterocycles. The van der Waals surface area contributed by atoms with Crippen molar-refractivity contribution in [2.45, 2.75) is 13.8 Å². The molecule has 6 heteroatoms. The number of aromatic carboxylic acids is 1. The normalized spacial score (nSPS) is 9.91. The molecule has 22 heavy (non-hydrogen) atoms. The minimum atomic E-state index is -1.20. The summed E-state index contributed by atoms with van der Waals surface area (Å²) >= 11 is 5.23. The summed E-state index contributed by atoms with van der Waals surface area (Å²) < 4.78 is 0. The molecule has 2 aromatic rings. The lowest BCUT2D eigenvalue weighted by molar-refractivity contribution is -0.255. The largest absolute Gasteiger partial charge is 0.545 e. The van der Waals surface area contributed by atoms with E-state index in [1.165, 1.54) is 12.1 Å². The van der Waals surface area contributed by atoms with Crippen LogP contribution in [0.3, 0.4) is 0 Å². The van der Waals surface area contributed by atoms with Crippen molar-refractivity contribution in [3.05, 3.63) is 59.2 Å². The van der Waals surface area contributed by atoms with E-state index in [1.807, 2.05) is 32.0 Å². The van der Waals surface area contributed by atoms with E-state index in [-0.39, 0.29) is 5.56 Å². The van der Waals surface area contributed by atoms with Crippen molar-refractivity contribution < 1.29 is 9.90 Å². The molecular formula is C16H16N3O2S-. The van der Waals surface area contributed by atoms with Gasteiger partial charge in [-0.15, -0.1) is 0 Å². The minimum absolute atomic E-state index is 0.127. The summed E-state index contributed by atoms with van der Waals surface area (Å²) in [6.07, 6.45) is 0. The molecule has 0 bridgehead atoms. The highest BCUT2D eigenvalue weighted by molar-refractivity contribution is 7.80. The van der Waals surface area contributed by atoms with Gasteiger partial charge in [0.1, 0.15) is 0 Å². The number of nitrogens with one attached hydrogen (secondary N) is 3. The standard InChI is InChI=1S/C16H17N3O2S/c1-10-4-3-5-11(2)14(10)17-16(22)19-18-13-8-6-12(7-9-13)15(20)21/h3-9,18H,1-2H3,(H,20,21)(H2,17,19,22)/p-1. The second kappa shape index (κ2) is 6.91. The van der Waals surface area contributed by atoms with Gasteiger partial charge in [-0.25, -0.2) is 0 Å². The molecule has 5 nitrogen and oxygen atoms in total. The Bertz CT molecular complexity index is 679. The summed E-state index contributed by atoms with van der Waals surface area (Å²) in [7, 11) is 0. The maximum absolute atomic E-state index is 10.7. The Morgan fingerprint density at radius 3 is 2.18 bits per heavy atom. The number of hydrazine groups is 1. The average Bonchev–Trinajstić information content (AvgIpc) is 2.49. The number of anilines is 2. The first-order valence-corrected chi connectivity index (χ1v) is 7.09. The molecule has 0 saturated carbocycles. The van der Waals surface area contributed by atoms with Crippen molar-refractivity contribution in [3.63, 3.8) is 0 Å². The Balaban J connectivity index is 1.94. The van der Waals surface area contributed by atoms with Crippen LogP contribution in [0.15, 0.2) is 42.5 Å². The zero-order chi connectivity index (χ0) is 16.1. The number of para-hydroxylation sites is 1. The van der Waals surface area contributed by atoms with Gasteiger partial charge in [-0.3, -0.25) is 10.9 Å². The van der Waals surface area contributed by atoms with Crippen molar-refractivity contribution in [2.24, 2.45) is 0 Å². The van der Waals surface area contributed by atoms with Gasteiger partial charge in [0.2, 0.25) is 0 Å². The molecule has 0 aliphatic heterocycles. The topological polar surface area (TPSA) is 76.2 Å². The van der Waals surface area contributed by atoms with Crippen molar-refractivity contribution in [1.29, 1.82) is 0 Å². The van der Waals surface area contributed by atoms with Gasteiger partial charge in [-0.1, -0.05) is 30.3 Å². The van der Waals surface area contributed by atoms with Crippen molar-refractivity contribution in [2.75, 3.05) is 10.7 Å². The van der Waals surface area contributed by atoms with E-state index in [4.69, 9.17) is 12.2 Å². The second-order valence-electron chi connectivity index (χ2n) is 4.84. The van der Waals surface area contributed by atoms with Gasteiger partial charge in [0.05, 0.1) is 11.7 Å². The van der Waals surface area contributed by atoms with Gasteiger partial charge >= 0.3 is 0 Å². The Hall–Kier alpha value is -2.60. The number of carbonyl (C=O) groups is 1. The molecule has 0 radical (unpaired) electrons. The number of carboxylic acids is 1. The molecule has 2 rings (SSSR count). The molecule has 0 aliphatic carbocycles. The SMILES string of the molecule is Cc1cccc(C)c1NC(=S)NNc1ccc(C(=O)[O-])cc1. The number of carbonyl (C=O) groups excluding carboxylic acids is 1. The number of benzene rings is 2. The summed E-state index contributed by atoms with van der Waals surface area (Å²) in [6, 6.07) is 12.2. The number of carboxylic acid groups (broad SMARTS) is 1. The van der Waals surface area contributed by atoms with E-state index in [1.54, 1.807) is 12.1 Å². The van der Waals surface area contributed by atoms with Gasteiger partial charge in [-0.05, 0) is 54.9 Å². The summed E-state index contributed by atoms with van der Waals surface area (Å²) in [5.41, 5.74) is 9.74. The quantitative estimate of drug-likeness (QED) is 0.592. The highest BCUT2D eigenvalue weighted by atomic mass is 32.1. The van der Waals surface area contributed by atoms with Crippen LogP contribution >= 0.6 is 12.2 Å². The highest BCUT2D eigenvalue weighted by Crippen LogP contribution is 2.19. The highest BCUT2D eigenvalue weighted by Gasteiger charge is 2.04. The minimum Gasteiger partial charge on any atom is -0.545 e. The number of aryl methyl sites for hydroxylation is 2. The first kappa shape index (κ1) is 15.8. The Morgan fingerprint density at radius 2 is 1.64 bits per heavy atom. The Kier molecular flexibility index (Phi) is 4.95. The number of rotatable bonds is 4. The van der Waals surface area contributed by atoms with E-state index >= 15 is 0 Å². The van der Waals surface area contributed by atoms with Crippen molar-refractivity contribution >= 4 is 34.7 Å². The van der Waals surface area contributed by atoms with Gasteiger partial charge in [0.25, 0.3) is 0 Å². The van der Waals surface area contributed by atoms with Crippen LogP contribution in [0.2, 0.25) is 0 Å². The summed E-state index contributed by atoms with van der Waals surface area (Å²) in [4.78, 5) is 10.7. The third kappa shape index (κ3) is 3.95. The summed E-state index contributed by atoms with van der Waals surface area (Å²) in [5.74, 6) is -1.20. The molecule has 0 amide bonds. The van der Waals surface area contributed by atoms with Crippen LogP contribution in [-0.2, 0) is 0 Å². The lowest BCUT2D eigenvalue weighted by atomic mass is 10.1. The number of thiocarbonyl (C=S) groups is 1. The van der Waals surface area contributed by atoms with Crippen molar-refractivity contribution in [3.8, 4) is 0 Å². The molecule has 0 spiro atoms. The zero-order valence-corrected chi connectivity index (χ0v) is 13.1. The zero-order valence-electron chi connectivity index (χ0n) is 12.3. The molecule has 0 unspecified atom stereocenters. The third-order valence-electron chi connectivity index (χ3n) is 3.16. The van der Waals surface area contributed by atoms with E-state index in [9.17, 15) is 9.90 Å². The fourth-order valence-electron chi connectivity index (χ4n) is 1.97. The van der Waals surface area contributed by atoms with Crippen LogP contribution in [0.5, 0.6) is 0 Å². The molecule has 3 N–H and O–H groups in total. The smallest absolute Gasteiger partial charge is 0.189 e. The molecule has 0 heterocycles. The molecule has 0 aliphatic rings. The molecule has 0 aromatic heterocycles. The van der Waals surface area contributed by atoms with E-state index in [0.29, 0.717) is 10.8 Å². The maximum atomic E-state index is 10.7. The predicted molar refractivity (Wildman–Crippen MR) is 89.7 cm³/mol. The van der Waals surface area contributed by atoms with E-state index in [2.05, 4.69) is 16.2 Å². The number of hydrogen-bond acceptors (Lipinski definition) is 4. The predicted octanol–water partition coefficient (Wildman–Crippen LogP) is 1.98. The van der Waals surface area contributed by atoms with Gasteiger partial charge in [0.15, 0.2) is 5.11 Å². The molecule has 0 atom stereocenters. The summed E-state index contributed by atoms with van der Waals surface area (Å²) in [5, 5.41) is 14.2. The van der Waals surface area contributed by atoms with Crippen LogP contribution in [-0.4, -0.2) is 11.1 Å². The second-order valence-corrected chi connectivity index (χ2v) is 5.24. The fourth-order valence-corrected chi connectivity index (χ4v) is 2.13.